The topological polar surface area (TPSA) is 44.8 Å². The molecule has 0 heterocycles. The van der Waals surface area contributed by atoms with E-state index in [9.17, 15) is 4.79 Å². The molecule has 4 heteroatoms. The van der Waals surface area contributed by atoms with Crippen LogP contribution in [0.3, 0.4) is 0 Å². The molecule has 138 valence electrons. The van der Waals surface area contributed by atoms with Crippen molar-refractivity contribution >= 4 is 22.8 Å². The van der Waals surface area contributed by atoms with Gasteiger partial charge in [0.2, 0.25) is 0 Å². The van der Waals surface area contributed by atoms with E-state index in [0.717, 1.165) is 11.1 Å². The highest BCUT2D eigenvalue weighted by Crippen LogP contribution is 2.30. The van der Waals surface area contributed by atoms with Crippen molar-refractivity contribution in [3.63, 3.8) is 0 Å². The monoisotopic (exact) mass is 362 g/mol. The summed E-state index contributed by atoms with van der Waals surface area (Å²) in [5.41, 5.74) is 1.94. The van der Waals surface area contributed by atoms with E-state index in [0.29, 0.717) is 24.7 Å². The number of fused-ring (bicyclic) bond motifs is 1. The van der Waals surface area contributed by atoms with Crippen LogP contribution >= 0.6 is 0 Å². The number of carbonyl (C=O) groups is 1. The van der Waals surface area contributed by atoms with Gasteiger partial charge in [-0.25, -0.2) is 4.79 Å². The molecule has 0 unspecified atom stereocenters. The third kappa shape index (κ3) is 4.67. The highest BCUT2D eigenvalue weighted by atomic mass is 16.5. The Balaban J connectivity index is 1.76. The van der Waals surface area contributed by atoms with E-state index in [1.165, 1.54) is 16.8 Å². The molecule has 0 N–H and O–H groups in total. The molecule has 27 heavy (non-hydrogen) atoms. The zero-order chi connectivity index (χ0) is 19.1. The SMILES string of the molecule is CCOC(=O)/C=C/c1ccc(OCc2cccc3ccccc23)c(OC)c1. The average molecular weight is 362 g/mol. The first-order chi connectivity index (χ1) is 13.2. The van der Waals surface area contributed by atoms with Gasteiger partial charge in [0.15, 0.2) is 11.5 Å². The van der Waals surface area contributed by atoms with Crippen molar-refractivity contribution < 1.29 is 19.0 Å². The Bertz CT molecular complexity index is 954. The largest absolute Gasteiger partial charge is 0.493 e. The molecule has 3 aromatic rings. The van der Waals surface area contributed by atoms with Crippen LogP contribution in [0, 0.1) is 0 Å². The van der Waals surface area contributed by atoms with Gasteiger partial charge < -0.3 is 14.2 Å². The summed E-state index contributed by atoms with van der Waals surface area (Å²) >= 11 is 0. The Kier molecular flexibility index (Phi) is 6.10. The van der Waals surface area contributed by atoms with Gasteiger partial charge >= 0.3 is 5.97 Å². The smallest absolute Gasteiger partial charge is 0.330 e. The van der Waals surface area contributed by atoms with Crippen LogP contribution in [0.1, 0.15) is 18.1 Å². The Hall–Kier alpha value is -3.27. The normalized spacial score (nSPS) is 10.9. The van der Waals surface area contributed by atoms with Crippen LogP contribution in [0.25, 0.3) is 16.8 Å². The third-order valence-electron chi connectivity index (χ3n) is 4.15. The molecule has 0 saturated heterocycles. The molecule has 0 radical (unpaired) electrons. The Labute approximate surface area is 159 Å². The molecule has 0 aliphatic carbocycles. The van der Waals surface area contributed by atoms with Gasteiger partial charge in [0.1, 0.15) is 6.61 Å². The van der Waals surface area contributed by atoms with E-state index in [1.807, 2.05) is 36.4 Å². The molecule has 0 fully saturated rings. The summed E-state index contributed by atoms with van der Waals surface area (Å²) in [5, 5.41) is 2.36. The second-order valence-corrected chi connectivity index (χ2v) is 5.92. The van der Waals surface area contributed by atoms with Crippen LogP contribution in [0.2, 0.25) is 0 Å². The van der Waals surface area contributed by atoms with E-state index in [2.05, 4.69) is 24.3 Å². The van der Waals surface area contributed by atoms with Gasteiger partial charge in [0.05, 0.1) is 13.7 Å². The maximum Gasteiger partial charge on any atom is 0.330 e. The standard InChI is InChI=1S/C23H22O4/c1-3-26-23(24)14-12-17-11-13-21(22(15-17)25-2)27-16-19-9-6-8-18-7-4-5-10-20(18)19/h4-15H,3,16H2,1-2H3/b14-12+. The summed E-state index contributed by atoms with van der Waals surface area (Å²) in [7, 11) is 1.60. The molecule has 0 aliphatic rings. The van der Waals surface area contributed by atoms with Crippen LogP contribution in [-0.4, -0.2) is 19.7 Å². The number of ether oxygens (including phenoxy) is 3. The zero-order valence-corrected chi connectivity index (χ0v) is 15.5. The number of rotatable bonds is 7. The maximum atomic E-state index is 11.4. The minimum Gasteiger partial charge on any atom is -0.493 e. The van der Waals surface area contributed by atoms with Crippen LogP contribution in [0.15, 0.2) is 66.7 Å². The molecule has 0 atom stereocenters. The van der Waals surface area contributed by atoms with E-state index in [1.54, 1.807) is 20.1 Å². The predicted molar refractivity (Wildman–Crippen MR) is 107 cm³/mol. The summed E-state index contributed by atoms with van der Waals surface area (Å²) in [5.74, 6) is 0.896. The molecule has 3 rings (SSSR count). The summed E-state index contributed by atoms with van der Waals surface area (Å²) in [6.07, 6.45) is 3.09. The fourth-order valence-corrected chi connectivity index (χ4v) is 2.84. The molecular weight excluding hydrogens is 340 g/mol. The molecule has 4 nitrogen and oxygen atoms in total. The molecule has 0 spiro atoms. The van der Waals surface area contributed by atoms with Gasteiger partial charge in [-0.2, -0.15) is 0 Å². The number of hydrogen-bond donors (Lipinski definition) is 0. The second-order valence-electron chi connectivity index (χ2n) is 5.92. The molecule has 3 aromatic carbocycles. The molecule has 0 bridgehead atoms. The summed E-state index contributed by atoms with van der Waals surface area (Å²) in [6, 6.07) is 19.9. The molecular formula is C23H22O4. The third-order valence-corrected chi connectivity index (χ3v) is 4.15. The van der Waals surface area contributed by atoms with E-state index >= 15 is 0 Å². The molecule has 0 amide bonds. The first kappa shape index (κ1) is 18.5. The maximum absolute atomic E-state index is 11.4. The van der Waals surface area contributed by atoms with Gasteiger partial charge in [-0.1, -0.05) is 48.5 Å². The Morgan fingerprint density at radius 2 is 1.81 bits per heavy atom. The van der Waals surface area contributed by atoms with Crippen LogP contribution in [0.4, 0.5) is 0 Å². The van der Waals surface area contributed by atoms with Crippen molar-refractivity contribution in [1.29, 1.82) is 0 Å². The minimum absolute atomic E-state index is 0.355. The van der Waals surface area contributed by atoms with E-state index in [-0.39, 0.29) is 5.97 Å². The highest BCUT2D eigenvalue weighted by Gasteiger charge is 2.07. The van der Waals surface area contributed by atoms with Gasteiger partial charge in [0, 0.05) is 6.08 Å². The van der Waals surface area contributed by atoms with E-state index < -0.39 is 0 Å². The van der Waals surface area contributed by atoms with Crippen molar-refractivity contribution in [2.24, 2.45) is 0 Å². The van der Waals surface area contributed by atoms with Crippen LogP contribution < -0.4 is 9.47 Å². The summed E-state index contributed by atoms with van der Waals surface area (Å²) < 4.78 is 16.3. The Morgan fingerprint density at radius 3 is 2.63 bits per heavy atom. The highest BCUT2D eigenvalue weighted by molar-refractivity contribution is 5.87. The van der Waals surface area contributed by atoms with Gasteiger partial charge in [0.25, 0.3) is 0 Å². The van der Waals surface area contributed by atoms with Crippen molar-refractivity contribution in [1.82, 2.24) is 0 Å². The zero-order valence-electron chi connectivity index (χ0n) is 15.5. The van der Waals surface area contributed by atoms with Crippen molar-refractivity contribution in [3.8, 4) is 11.5 Å². The number of esters is 1. The summed E-state index contributed by atoms with van der Waals surface area (Å²) in [6.45, 7) is 2.57. The number of hydrogen-bond acceptors (Lipinski definition) is 4. The Morgan fingerprint density at radius 1 is 1.00 bits per heavy atom. The summed E-state index contributed by atoms with van der Waals surface area (Å²) in [4.78, 5) is 11.4. The number of methoxy groups -OCH3 is 1. The fraction of sp³-hybridized carbons (Fsp3) is 0.174. The fourth-order valence-electron chi connectivity index (χ4n) is 2.84. The van der Waals surface area contributed by atoms with Crippen molar-refractivity contribution in [2.75, 3.05) is 13.7 Å². The predicted octanol–water partition coefficient (Wildman–Crippen LogP) is 5.00. The van der Waals surface area contributed by atoms with Gasteiger partial charge in [-0.15, -0.1) is 0 Å². The minimum atomic E-state index is -0.368. The number of carbonyl (C=O) groups excluding carboxylic acids is 1. The van der Waals surface area contributed by atoms with Gasteiger partial charge in [-0.05, 0) is 47.0 Å². The lowest BCUT2D eigenvalue weighted by Crippen LogP contribution is -1.99. The molecule has 0 aliphatic heterocycles. The average Bonchev–Trinajstić information content (AvgIpc) is 2.71. The van der Waals surface area contributed by atoms with E-state index in [4.69, 9.17) is 14.2 Å². The molecule has 0 aromatic heterocycles. The first-order valence-corrected chi connectivity index (χ1v) is 8.83. The van der Waals surface area contributed by atoms with Crippen molar-refractivity contribution in [2.45, 2.75) is 13.5 Å². The van der Waals surface area contributed by atoms with Crippen molar-refractivity contribution in [3.05, 3.63) is 77.9 Å². The lowest BCUT2D eigenvalue weighted by molar-refractivity contribution is -0.137. The lowest BCUT2D eigenvalue weighted by atomic mass is 10.1. The number of benzene rings is 3. The molecule has 0 saturated carbocycles. The lowest BCUT2D eigenvalue weighted by Gasteiger charge is -2.13. The second kappa shape index (κ2) is 8.90. The van der Waals surface area contributed by atoms with Gasteiger partial charge in [-0.3, -0.25) is 0 Å². The quantitative estimate of drug-likeness (QED) is 0.438. The van der Waals surface area contributed by atoms with Crippen LogP contribution in [-0.2, 0) is 16.1 Å². The first-order valence-electron chi connectivity index (χ1n) is 8.83. The van der Waals surface area contributed by atoms with Crippen LogP contribution in [0.5, 0.6) is 11.5 Å².